The highest BCUT2D eigenvalue weighted by Gasteiger charge is 2.63. The minimum atomic E-state index is -0.476. The van der Waals surface area contributed by atoms with Gasteiger partial charge in [0.15, 0.2) is 0 Å². The molecule has 0 bridgehead atoms. The molecule has 3 fully saturated rings. The van der Waals surface area contributed by atoms with Crippen molar-refractivity contribution in [1.29, 1.82) is 0 Å². The lowest BCUT2D eigenvalue weighted by atomic mass is 9.49. The fourth-order valence-electron chi connectivity index (χ4n) is 7.43. The molecule has 0 saturated carbocycles. The van der Waals surface area contributed by atoms with Crippen molar-refractivity contribution in [1.82, 2.24) is 0 Å². The van der Waals surface area contributed by atoms with E-state index in [4.69, 9.17) is 27.9 Å². The van der Waals surface area contributed by atoms with Gasteiger partial charge in [-0.1, -0.05) is 162 Å². The van der Waals surface area contributed by atoms with Gasteiger partial charge in [-0.15, -0.1) is 0 Å². The smallest absolute Gasteiger partial charge is 0.405 e. The number of benzene rings is 6. The van der Waals surface area contributed by atoms with Gasteiger partial charge in [-0.25, -0.2) is 0 Å². The van der Waals surface area contributed by atoms with E-state index >= 15 is 0 Å². The Morgan fingerprint density at radius 2 is 0.500 bits per heavy atom. The van der Waals surface area contributed by atoms with Crippen molar-refractivity contribution in [3.05, 3.63) is 162 Å². The zero-order valence-electron chi connectivity index (χ0n) is 39.6. The maximum Gasteiger partial charge on any atom is 0.494 e. The third-order valence-corrected chi connectivity index (χ3v) is 14.2. The van der Waals surface area contributed by atoms with Crippen LogP contribution in [0, 0.1) is 0 Å². The minimum absolute atomic E-state index is 0.315. The van der Waals surface area contributed by atoms with E-state index in [1.165, 1.54) is 44.5 Å². The average molecular weight is 919 g/mol. The molecule has 0 N–H and O–H groups in total. The second-order valence-electron chi connectivity index (χ2n) is 19.9. The van der Waals surface area contributed by atoms with E-state index in [1.807, 2.05) is 67.5 Å². The van der Waals surface area contributed by atoms with Crippen molar-refractivity contribution in [2.75, 3.05) is 0 Å². The van der Waals surface area contributed by atoms with Crippen LogP contribution >= 0.6 is 15.9 Å². The van der Waals surface area contributed by atoms with Gasteiger partial charge in [-0.2, -0.15) is 0 Å². The number of rotatable bonds is 6. The molecule has 64 heavy (non-hydrogen) atoms. The fraction of sp³-hybridized carbons (Fsp3) is 0.333. The predicted octanol–water partition coefficient (Wildman–Crippen LogP) is 13.4. The van der Waals surface area contributed by atoms with Crippen LogP contribution in [0.5, 0.6) is 0 Å². The van der Waals surface area contributed by atoms with E-state index < -0.39 is 14.0 Å². The zero-order chi connectivity index (χ0) is 46.1. The highest BCUT2D eigenvalue weighted by Crippen LogP contribution is 2.43. The Kier molecular flexibility index (Phi) is 13.8. The normalized spacial score (nSPS) is 19.6. The molecule has 0 aromatic heterocycles. The Morgan fingerprint density at radius 3 is 0.781 bits per heavy atom. The summed E-state index contributed by atoms with van der Waals surface area (Å²) in [5.41, 5.74) is 8.83. The fourth-order valence-corrected chi connectivity index (χ4v) is 7.69. The van der Waals surface area contributed by atoms with Gasteiger partial charge in [0, 0.05) is 4.47 Å². The third kappa shape index (κ3) is 10.6. The molecule has 3 heterocycles. The van der Waals surface area contributed by atoms with E-state index in [2.05, 4.69) is 189 Å². The minimum Gasteiger partial charge on any atom is -0.405 e. The number of hydrogen-bond donors (Lipinski definition) is 0. The van der Waals surface area contributed by atoms with Crippen LogP contribution in [0.2, 0.25) is 0 Å². The van der Waals surface area contributed by atoms with E-state index in [0.29, 0.717) is 0 Å². The molecule has 3 aliphatic heterocycles. The van der Waals surface area contributed by atoms with Crippen LogP contribution in [0.1, 0.15) is 83.1 Å². The molecule has 6 aromatic rings. The standard InChI is InChI=1S/C24H25BO2.C18H13Br.C12H24B2O4/c1-23(2)24(3,4)27-25(26-23)22-16-14-21(15-17-22)20-12-10-19(11-13-20)18-8-6-5-7-9-18;19-18-12-10-17(11-13-18)16-8-6-15(7-9-16)14-4-2-1-3-5-14;1-9(2)10(3,4)16-13(15-9)14-17-11(5,6)12(7,8)18-14/h5-17H,1-4H3;1-13H;1-8H3. The van der Waals surface area contributed by atoms with Crippen LogP contribution in [-0.2, 0) is 27.9 Å². The predicted molar refractivity (Wildman–Crippen MR) is 270 cm³/mol. The highest BCUT2D eigenvalue weighted by molar-refractivity contribution is 9.10. The van der Waals surface area contributed by atoms with Crippen LogP contribution in [0.15, 0.2) is 162 Å². The Hall–Kier alpha value is -4.25. The molecule has 0 unspecified atom stereocenters. The molecule has 0 atom stereocenters. The maximum absolute atomic E-state index is 6.14. The second-order valence-corrected chi connectivity index (χ2v) is 20.8. The van der Waals surface area contributed by atoms with E-state index in [9.17, 15) is 0 Å². The molecule has 3 aliphatic rings. The molecule has 0 radical (unpaired) electrons. The van der Waals surface area contributed by atoms with Crippen LogP contribution in [-0.4, -0.2) is 54.7 Å². The Morgan fingerprint density at radius 1 is 0.281 bits per heavy atom. The summed E-state index contributed by atoms with van der Waals surface area (Å²) in [6.45, 7) is 24.5. The molecule has 9 rings (SSSR count). The molecule has 0 amide bonds. The zero-order valence-corrected chi connectivity index (χ0v) is 41.2. The molecule has 0 aliphatic carbocycles. The monoisotopic (exact) mass is 918 g/mol. The van der Waals surface area contributed by atoms with Crippen LogP contribution in [0.4, 0.5) is 0 Å². The molecule has 6 nitrogen and oxygen atoms in total. The summed E-state index contributed by atoms with van der Waals surface area (Å²) < 4.78 is 37.2. The molecular formula is C54H62B3BrO6. The van der Waals surface area contributed by atoms with Crippen LogP contribution in [0.25, 0.3) is 44.5 Å². The maximum atomic E-state index is 6.14. The van der Waals surface area contributed by atoms with E-state index in [1.54, 1.807) is 0 Å². The summed E-state index contributed by atoms with van der Waals surface area (Å²) in [7, 11) is -1.27. The first-order valence-corrected chi connectivity index (χ1v) is 23.1. The summed E-state index contributed by atoms with van der Waals surface area (Å²) in [5, 5.41) is 0. The van der Waals surface area contributed by atoms with Crippen molar-refractivity contribution in [3.63, 3.8) is 0 Å². The Labute approximate surface area is 391 Å². The lowest BCUT2D eigenvalue weighted by Crippen LogP contribution is -2.41. The lowest BCUT2D eigenvalue weighted by molar-refractivity contribution is 0.00578. The summed E-state index contributed by atoms with van der Waals surface area (Å²) in [6.07, 6.45) is 0. The van der Waals surface area contributed by atoms with Gasteiger partial charge in [-0.05, 0) is 145 Å². The first kappa shape index (κ1) is 47.7. The van der Waals surface area contributed by atoms with Gasteiger partial charge >= 0.3 is 21.1 Å². The van der Waals surface area contributed by atoms with Gasteiger partial charge in [-0.3, -0.25) is 0 Å². The number of halogens is 1. The first-order chi connectivity index (χ1) is 30.1. The Bertz CT molecular complexity index is 2370. The largest absolute Gasteiger partial charge is 0.494 e. The molecule has 0 spiro atoms. The van der Waals surface area contributed by atoms with Gasteiger partial charge in [0.05, 0.1) is 33.6 Å². The average Bonchev–Trinajstić information content (AvgIpc) is 3.74. The van der Waals surface area contributed by atoms with Gasteiger partial charge in [0.2, 0.25) is 0 Å². The molecule has 3 saturated heterocycles. The Balaban J connectivity index is 0.000000148. The van der Waals surface area contributed by atoms with Crippen LogP contribution in [0.3, 0.4) is 0 Å². The molecule has 330 valence electrons. The topological polar surface area (TPSA) is 55.4 Å². The molecular weight excluding hydrogens is 857 g/mol. The lowest BCUT2D eigenvalue weighted by Gasteiger charge is -2.32. The van der Waals surface area contributed by atoms with Crippen LogP contribution < -0.4 is 5.46 Å². The number of hydrogen-bond acceptors (Lipinski definition) is 6. The van der Waals surface area contributed by atoms with Gasteiger partial charge in [0.25, 0.3) is 0 Å². The van der Waals surface area contributed by atoms with E-state index in [-0.39, 0.29) is 40.7 Å². The molecule has 10 heteroatoms. The highest BCUT2D eigenvalue weighted by atomic mass is 79.9. The first-order valence-electron chi connectivity index (χ1n) is 22.3. The SMILES string of the molecule is Brc1ccc(-c2ccc(-c3ccccc3)cc2)cc1.CC1(C)OB(B2OC(C)(C)C(C)(C)O2)OC1(C)C.CC1(C)OB(c2ccc(-c3ccc(-c4ccccc4)cc3)cc2)OC1(C)C. The summed E-state index contributed by atoms with van der Waals surface area (Å²) in [6, 6.07) is 55.1. The molecule has 6 aromatic carbocycles. The van der Waals surface area contributed by atoms with Crippen molar-refractivity contribution >= 4 is 42.5 Å². The van der Waals surface area contributed by atoms with Crippen molar-refractivity contribution in [2.24, 2.45) is 0 Å². The van der Waals surface area contributed by atoms with E-state index in [0.717, 1.165) is 9.94 Å². The van der Waals surface area contributed by atoms with Crippen molar-refractivity contribution < 1.29 is 27.9 Å². The van der Waals surface area contributed by atoms with Gasteiger partial charge < -0.3 is 27.9 Å². The third-order valence-electron chi connectivity index (χ3n) is 13.7. The summed E-state index contributed by atoms with van der Waals surface area (Å²) in [5.74, 6) is 0. The summed E-state index contributed by atoms with van der Waals surface area (Å²) >= 11 is 3.46. The summed E-state index contributed by atoms with van der Waals surface area (Å²) in [4.78, 5) is 0. The van der Waals surface area contributed by atoms with Crippen molar-refractivity contribution in [3.8, 4) is 44.5 Å². The quantitative estimate of drug-likeness (QED) is 0.155. The second kappa shape index (κ2) is 18.6. The van der Waals surface area contributed by atoms with Gasteiger partial charge in [0.1, 0.15) is 0 Å². The van der Waals surface area contributed by atoms with Crippen molar-refractivity contribution in [2.45, 2.75) is 117 Å².